The topological polar surface area (TPSA) is 59.9 Å². The maximum absolute atomic E-state index is 12.5. The molecule has 0 radical (unpaired) electrons. The first-order valence-electron chi connectivity index (χ1n) is 8.97. The van der Waals surface area contributed by atoms with Crippen molar-refractivity contribution in [1.29, 1.82) is 0 Å². The lowest BCUT2D eigenvalue weighted by Crippen LogP contribution is -2.07. The molecule has 1 N–H and O–H groups in total. The Morgan fingerprint density at radius 3 is 2.30 bits per heavy atom. The van der Waals surface area contributed by atoms with Crippen molar-refractivity contribution in [1.82, 2.24) is 14.5 Å². The van der Waals surface area contributed by atoms with Gasteiger partial charge in [-0.1, -0.05) is 43.7 Å². The lowest BCUT2D eigenvalue weighted by atomic mass is 10.1. The van der Waals surface area contributed by atoms with E-state index in [0.717, 1.165) is 22.6 Å². The first kappa shape index (κ1) is 18.5. The minimum absolute atomic E-state index is 0.151. The molecular formula is C22H23N3O2. The van der Waals surface area contributed by atoms with Crippen LogP contribution in [0.15, 0.2) is 65.8 Å². The van der Waals surface area contributed by atoms with Gasteiger partial charge in [-0.25, -0.2) is 4.98 Å². The van der Waals surface area contributed by atoms with Gasteiger partial charge in [0.05, 0.1) is 18.8 Å². The molecule has 0 aliphatic heterocycles. The fourth-order valence-corrected chi connectivity index (χ4v) is 2.96. The van der Waals surface area contributed by atoms with Gasteiger partial charge in [-0.3, -0.25) is 4.79 Å². The number of benzene rings is 2. The van der Waals surface area contributed by atoms with Crippen LogP contribution < -0.4 is 10.3 Å². The number of nitrogens with zero attached hydrogens (tertiary/aromatic N) is 2. The van der Waals surface area contributed by atoms with Crippen LogP contribution in [-0.4, -0.2) is 21.6 Å². The van der Waals surface area contributed by atoms with Crippen molar-refractivity contribution in [2.75, 3.05) is 7.11 Å². The van der Waals surface area contributed by atoms with Crippen LogP contribution >= 0.6 is 0 Å². The Kier molecular flexibility index (Phi) is 5.41. The smallest absolute Gasteiger partial charge is 0.260 e. The van der Waals surface area contributed by atoms with Gasteiger partial charge in [-0.2, -0.15) is 0 Å². The molecule has 0 aliphatic rings. The first-order chi connectivity index (χ1) is 13.2. The van der Waals surface area contributed by atoms with Crippen LogP contribution in [0.1, 0.15) is 19.4 Å². The molecule has 5 nitrogen and oxygen atoms in total. The maximum atomic E-state index is 12.5. The molecule has 0 atom stereocenters. The summed E-state index contributed by atoms with van der Waals surface area (Å²) in [6.07, 6.45) is 3.40. The van der Waals surface area contributed by atoms with Crippen molar-refractivity contribution >= 4 is 11.0 Å². The average molecular weight is 361 g/mol. The number of nitrogens with one attached hydrogen (secondary N) is 1. The van der Waals surface area contributed by atoms with Crippen molar-refractivity contribution < 1.29 is 4.74 Å². The molecule has 2 aromatic carbocycles. The number of aromatic amines is 1. The molecule has 27 heavy (non-hydrogen) atoms. The quantitative estimate of drug-likeness (QED) is 0.574. The van der Waals surface area contributed by atoms with Gasteiger partial charge < -0.3 is 14.3 Å². The predicted molar refractivity (Wildman–Crippen MR) is 110 cm³/mol. The number of fused-ring (bicyclic) bond motifs is 1. The van der Waals surface area contributed by atoms with Crippen LogP contribution in [0.5, 0.6) is 5.75 Å². The molecule has 4 rings (SSSR count). The van der Waals surface area contributed by atoms with Crippen molar-refractivity contribution in [2.24, 2.45) is 0 Å². The van der Waals surface area contributed by atoms with Gasteiger partial charge in [0.1, 0.15) is 5.75 Å². The summed E-state index contributed by atoms with van der Waals surface area (Å²) in [6.45, 7) is 6.04. The molecule has 0 saturated carbocycles. The third-order valence-electron chi connectivity index (χ3n) is 4.30. The molecule has 0 bridgehead atoms. The van der Waals surface area contributed by atoms with Crippen LogP contribution in [-0.2, 0) is 0 Å². The van der Waals surface area contributed by atoms with E-state index in [-0.39, 0.29) is 5.56 Å². The second-order valence-corrected chi connectivity index (χ2v) is 5.91. The van der Waals surface area contributed by atoms with Gasteiger partial charge in [0.2, 0.25) is 0 Å². The summed E-state index contributed by atoms with van der Waals surface area (Å²) in [7, 11) is 1.63. The second-order valence-electron chi connectivity index (χ2n) is 5.91. The highest BCUT2D eigenvalue weighted by Crippen LogP contribution is 2.30. The number of methoxy groups -OCH3 is 1. The van der Waals surface area contributed by atoms with Crippen LogP contribution in [0.2, 0.25) is 0 Å². The van der Waals surface area contributed by atoms with Crippen LogP contribution in [0.25, 0.3) is 27.8 Å². The number of H-pyrrole nitrogens is 1. The zero-order valence-corrected chi connectivity index (χ0v) is 16.0. The molecule has 5 heteroatoms. The van der Waals surface area contributed by atoms with Crippen molar-refractivity contribution in [3.63, 3.8) is 0 Å². The van der Waals surface area contributed by atoms with E-state index in [1.165, 1.54) is 11.9 Å². The minimum atomic E-state index is -0.151. The molecule has 0 unspecified atom stereocenters. The van der Waals surface area contributed by atoms with E-state index in [0.29, 0.717) is 11.0 Å². The minimum Gasteiger partial charge on any atom is -0.497 e. The molecular weight excluding hydrogens is 338 g/mol. The van der Waals surface area contributed by atoms with E-state index >= 15 is 0 Å². The monoisotopic (exact) mass is 361 g/mol. The Hall–Kier alpha value is -3.34. The lowest BCUT2D eigenvalue weighted by Gasteiger charge is -2.04. The van der Waals surface area contributed by atoms with Gasteiger partial charge in [0.25, 0.3) is 5.56 Å². The fraction of sp³-hybridized carbons (Fsp3) is 0.182. The highest BCUT2D eigenvalue weighted by Gasteiger charge is 2.15. The van der Waals surface area contributed by atoms with E-state index in [9.17, 15) is 4.79 Å². The van der Waals surface area contributed by atoms with Crippen molar-refractivity contribution in [3.8, 4) is 22.6 Å². The summed E-state index contributed by atoms with van der Waals surface area (Å²) < 4.78 is 7.16. The molecule has 0 fully saturated rings. The number of hydrogen-bond acceptors (Lipinski definition) is 3. The van der Waals surface area contributed by atoms with E-state index in [1.54, 1.807) is 7.11 Å². The number of hydrogen-bond donors (Lipinski definition) is 1. The van der Waals surface area contributed by atoms with E-state index in [2.05, 4.69) is 9.97 Å². The molecule has 2 aromatic heterocycles. The van der Waals surface area contributed by atoms with E-state index in [4.69, 9.17) is 4.74 Å². The zero-order chi connectivity index (χ0) is 19.4. The fourth-order valence-electron chi connectivity index (χ4n) is 2.96. The molecule has 0 saturated heterocycles. The molecule has 4 aromatic rings. The Balaban J connectivity index is 0.00000102. The Labute approximate surface area is 158 Å². The average Bonchev–Trinajstić information content (AvgIpc) is 3.11. The standard InChI is InChI=1S/C20H17N3O2.C2H6/c1-13-3-7-15(8-4-13)23-11-17(14-5-9-16(25-2)10-6-14)18-19(23)21-12-22-20(18)24;1-2/h3-12H,1-2H3,(H,21,22,24);1-2H3. The van der Waals surface area contributed by atoms with Crippen LogP contribution in [0.3, 0.4) is 0 Å². The Bertz CT molecular complexity index is 1090. The van der Waals surface area contributed by atoms with Gasteiger partial charge in [0.15, 0.2) is 5.65 Å². The third-order valence-corrected chi connectivity index (χ3v) is 4.30. The molecule has 0 spiro atoms. The van der Waals surface area contributed by atoms with Gasteiger partial charge >= 0.3 is 0 Å². The summed E-state index contributed by atoms with van der Waals surface area (Å²) in [5.41, 5.74) is 4.41. The Morgan fingerprint density at radius 2 is 1.67 bits per heavy atom. The van der Waals surface area contributed by atoms with Gasteiger partial charge in [0, 0.05) is 17.4 Å². The number of aryl methyl sites for hydroxylation is 1. The van der Waals surface area contributed by atoms with Gasteiger partial charge in [-0.05, 0) is 36.8 Å². The largest absolute Gasteiger partial charge is 0.497 e. The summed E-state index contributed by atoms with van der Waals surface area (Å²) in [5, 5.41) is 0.577. The molecule has 2 heterocycles. The van der Waals surface area contributed by atoms with Gasteiger partial charge in [-0.15, -0.1) is 0 Å². The molecule has 0 aliphatic carbocycles. The normalized spacial score (nSPS) is 10.4. The zero-order valence-electron chi connectivity index (χ0n) is 16.0. The lowest BCUT2D eigenvalue weighted by molar-refractivity contribution is 0.415. The van der Waals surface area contributed by atoms with Crippen molar-refractivity contribution in [2.45, 2.75) is 20.8 Å². The number of rotatable bonds is 3. The highest BCUT2D eigenvalue weighted by molar-refractivity contribution is 5.94. The van der Waals surface area contributed by atoms with Crippen LogP contribution in [0.4, 0.5) is 0 Å². The van der Waals surface area contributed by atoms with Crippen LogP contribution in [0, 0.1) is 6.92 Å². The first-order valence-corrected chi connectivity index (χ1v) is 8.97. The summed E-state index contributed by atoms with van der Waals surface area (Å²) in [4.78, 5) is 19.5. The van der Waals surface area contributed by atoms with Crippen molar-refractivity contribution in [3.05, 3.63) is 77.0 Å². The second kappa shape index (κ2) is 7.91. The summed E-state index contributed by atoms with van der Waals surface area (Å²) >= 11 is 0. The number of ether oxygens (including phenoxy) is 1. The highest BCUT2D eigenvalue weighted by atomic mass is 16.5. The number of aromatic nitrogens is 3. The SMILES string of the molecule is CC.COc1ccc(-c2cn(-c3ccc(C)cc3)c3nc[nH]c(=O)c23)cc1. The summed E-state index contributed by atoms with van der Waals surface area (Å²) in [5.74, 6) is 0.776. The third kappa shape index (κ3) is 3.49. The maximum Gasteiger partial charge on any atom is 0.260 e. The molecule has 138 valence electrons. The predicted octanol–water partition coefficient (Wildman–Crippen LogP) is 4.72. The van der Waals surface area contributed by atoms with E-state index in [1.807, 2.05) is 80.1 Å². The Morgan fingerprint density at radius 1 is 1.00 bits per heavy atom. The molecule has 0 amide bonds. The van der Waals surface area contributed by atoms with E-state index < -0.39 is 0 Å². The summed E-state index contributed by atoms with van der Waals surface area (Å²) in [6, 6.07) is 15.8.